The van der Waals surface area contributed by atoms with Gasteiger partial charge in [-0.05, 0) is 24.1 Å². The zero-order valence-corrected chi connectivity index (χ0v) is 12.4. The molecule has 0 amide bonds. The second kappa shape index (κ2) is 5.28. The van der Waals surface area contributed by atoms with Crippen molar-refractivity contribution in [1.29, 1.82) is 10.5 Å². The molecule has 0 aliphatic carbocycles. The number of pyridine rings is 1. The third-order valence-corrected chi connectivity index (χ3v) is 5.51. The van der Waals surface area contributed by atoms with E-state index in [0.29, 0.717) is 52.0 Å². The summed E-state index contributed by atoms with van der Waals surface area (Å²) in [6.07, 6.45) is 2.17. The smallest absolute Gasteiger partial charge is 0.179 e. The summed E-state index contributed by atoms with van der Waals surface area (Å²) in [7, 11) is -3.25. The van der Waals surface area contributed by atoms with E-state index in [9.17, 15) is 13.7 Å². The molecule has 3 rings (SSSR count). The van der Waals surface area contributed by atoms with E-state index >= 15 is 0 Å². The number of fused-ring (bicyclic) bond motifs is 3. The fourth-order valence-electron chi connectivity index (χ4n) is 2.73. The number of aryl methyl sites for hydroxylation is 1. The van der Waals surface area contributed by atoms with Gasteiger partial charge in [0.15, 0.2) is 9.84 Å². The van der Waals surface area contributed by atoms with Gasteiger partial charge in [0.25, 0.3) is 0 Å². The minimum absolute atomic E-state index is 0.0792. The SMILES string of the molecule is N#CCCNc1c(C#N)cnc2ccc3c(c12)CCS3(=O)=O. The lowest BCUT2D eigenvalue weighted by molar-refractivity contribution is 0.600. The largest absolute Gasteiger partial charge is 0.382 e. The molecule has 0 bridgehead atoms. The van der Waals surface area contributed by atoms with Crippen LogP contribution in [0.25, 0.3) is 10.9 Å². The van der Waals surface area contributed by atoms with Crippen molar-refractivity contribution in [2.24, 2.45) is 0 Å². The molecule has 0 radical (unpaired) electrons. The van der Waals surface area contributed by atoms with E-state index in [4.69, 9.17) is 5.26 Å². The van der Waals surface area contributed by atoms with Crippen molar-refractivity contribution in [2.75, 3.05) is 17.6 Å². The predicted molar refractivity (Wildman–Crippen MR) is 80.9 cm³/mol. The van der Waals surface area contributed by atoms with Crippen molar-refractivity contribution in [3.8, 4) is 12.1 Å². The third kappa shape index (κ3) is 2.16. The van der Waals surface area contributed by atoms with Crippen LogP contribution in [0.15, 0.2) is 23.2 Å². The van der Waals surface area contributed by atoms with Crippen LogP contribution in [0, 0.1) is 22.7 Å². The molecule has 0 atom stereocenters. The zero-order valence-electron chi connectivity index (χ0n) is 11.6. The van der Waals surface area contributed by atoms with Gasteiger partial charge < -0.3 is 5.32 Å². The van der Waals surface area contributed by atoms with Crippen molar-refractivity contribution in [3.05, 3.63) is 29.5 Å². The number of anilines is 1. The molecule has 1 N–H and O–H groups in total. The Bertz CT molecular complexity index is 952. The Morgan fingerprint density at radius 2 is 2.14 bits per heavy atom. The van der Waals surface area contributed by atoms with E-state index < -0.39 is 9.84 Å². The maximum atomic E-state index is 12.1. The van der Waals surface area contributed by atoms with E-state index in [2.05, 4.69) is 16.4 Å². The Labute approximate surface area is 127 Å². The summed E-state index contributed by atoms with van der Waals surface area (Å²) in [5.41, 5.74) is 2.27. The van der Waals surface area contributed by atoms with E-state index in [1.165, 1.54) is 6.20 Å². The average Bonchev–Trinajstić information content (AvgIpc) is 2.83. The summed E-state index contributed by atoms with van der Waals surface area (Å²) >= 11 is 0. The molecule has 0 unspecified atom stereocenters. The maximum Gasteiger partial charge on any atom is 0.179 e. The maximum absolute atomic E-state index is 12.1. The van der Waals surface area contributed by atoms with Crippen LogP contribution < -0.4 is 5.32 Å². The summed E-state index contributed by atoms with van der Waals surface area (Å²) in [4.78, 5) is 4.56. The van der Waals surface area contributed by atoms with Gasteiger partial charge in [0.2, 0.25) is 0 Å². The highest BCUT2D eigenvalue weighted by Gasteiger charge is 2.29. The molecule has 0 saturated carbocycles. The van der Waals surface area contributed by atoms with Gasteiger partial charge in [0.1, 0.15) is 6.07 Å². The minimum Gasteiger partial charge on any atom is -0.382 e. The molecule has 22 heavy (non-hydrogen) atoms. The summed E-state index contributed by atoms with van der Waals surface area (Å²) in [6, 6.07) is 7.34. The molecule has 7 heteroatoms. The van der Waals surface area contributed by atoms with Crippen molar-refractivity contribution in [2.45, 2.75) is 17.7 Å². The van der Waals surface area contributed by atoms with Gasteiger partial charge in [-0.2, -0.15) is 10.5 Å². The van der Waals surface area contributed by atoms with Crippen molar-refractivity contribution < 1.29 is 8.42 Å². The second-order valence-corrected chi connectivity index (χ2v) is 7.08. The fraction of sp³-hybridized carbons (Fsp3) is 0.267. The quantitative estimate of drug-likeness (QED) is 0.865. The minimum atomic E-state index is -3.25. The van der Waals surface area contributed by atoms with Gasteiger partial charge in [-0.25, -0.2) is 8.42 Å². The van der Waals surface area contributed by atoms with Gasteiger partial charge in [-0.1, -0.05) is 0 Å². The van der Waals surface area contributed by atoms with Crippen LogP contribution in [-0.2, 0) is 16.3 Å². The third-order valence-electron chi connectivity index (χ3n) is 3.71. The highest BCUT2D eigenvalue weighted by atomic mass is 32.2. The van der Waals surface area contributed by atoms with Crippen molar-refractivity contribution in [3.63, 3.8) is 0 Å². The molecule has 2 heterocycles. The number of sulfone groups is 1. The Balaban J connectivity index is 2.29. The van der Waals surface area contributed by atoms with Crippen LogP contribution in [0.4, 0.5) is 5.69 Å². The molecule has 110 valence electrons. The van der Waals surface area contributed by atoms with Crippen LogP contribution in [0.1, 0.15) is 17.5 Å². The Hall–Kier alpha value is -2.64. The number of hydrogen-bond donors (Lipinski definition) is 1. The van der Waals surface area contributed by atoms with E-state index in [0.717, 1.165) is 0 Å². The topological polar surface area (TPSA) is 107 Å². The molecule has 6 nitrogen and oxygen atoms in total. The first-order valence-electron chi connectivity index (χ1n) is 6.77. The lowest BCUT2D eigenvalue weighted by Gasteiger charge is -2.13. The number of aromatic nitrogens is 1. The number of nitrogens with zero attached hydrogens (tertiary/aromatic N) is 3. The first-order chi connectivity index (χ1) is 10.6. The summed E-state index contributed by atoms with van der Waals surface area (Å²) < 4.78 is 24.1. The number of nitriles is 2. The second-order valence-electron chi connectivity index (χ2n) is 5.00. The highest BCUT2D eigenvalue weighted by molar-refractivity contribution is 7.91. The number of benzene rings is 1. The molecule has 0 saturated heterocycles. The number of nitrogens with one attached hydrogen (secondary N) is 1. The highest BCUT2D eigenvalue weighted by Crippen LogP contribution is 2.36. The van der Waals surface area contributed by atoms with Gasteiger partial charge in [-0.15, -0.1) is 0 Å². The number of rotatable bonds is 3. The molecule has 2 aromatic rings. The first-order valence-corrected chi connectivity index (χ1v) is 8.42. The monoisotopic (exact) mass is 312 g/mol. The number of hydrogen-bond acceptors (Lipinski definition) is 6. The first kappa shape index (κ1) is 14.3. The van der Waals surface area contributed by atoms with Crippen LogP contribution in [-0.4, -0.2) is 25.7 Å². The molecular formula is C15H12N4O2S. The molecule has 1 aliphatic rings. The Kier molecular flexibility index (Phi) is 3.44. The average molecular weight is 312 g/mol. The van der Waals surface area contributed by atoms with Crippen LogP contribution in [0.3, 0.4) is 0 Å². The van der Waals surface area contributed by atoms with Crippen molar-refractivity contribution in [1.82, 2.24) is 4.98 Å². The van der Waals surface area contributed by atoms with Gasteiger partial charge in [-0.3, -0.25) is 4.98 Å². The van der Waals surface area contributed by atoms with E-state index in [1.54, 1.807) is 12.1 Å². The molecule has 0 fully saturated rings. The van der Waals surface area contributed by atoms with Crippen molar-refractivity contribution >= 4 is 26.4 Å². The molecule has 0 spiro atoms. The fourth-order valence-corrected chi connectivity index (χ4v) is 4.28. The summed E-state index contributed by atoms with van der Waals surface area (Å²) in [5, 5.41) is 21.7. The van der Waals surface area contributed by atoms with E-state index in [1.807, 2.05) is 6.07 Å². The standard InChI is InChI=1S/C15H12N4O2S/c16-5-1-6-18-15-10(8-17)9-19-12-2-3-13-11(14(12)15)4-7-22(13,20)21/h2-3,9H,1,4,6-7H2,(H,18,19). The lowest BCUT2D eigenvalue weighted by atomic mass is 10.0. The van der Waals surface area contributed by atoms with Gasteiger partial charge in [0.05, 0.1) is 39.9 Å². The van der Waals surface area contributed by atoms with E-state index in [-0.39, 0.29) is 5.75 Å². The van der Waals surface area contributed by atoms with Crippen LogP contribution >= 0.6 is 0 Å². The zero-order chi connectivity index (χ0) is 15.7. The summed E-state index contributed by atoms with van der Waals surface area (Å²) in [6.45, 7) is 0.390. The van der Waals surface area contributed by atoms with Crippen LogP contribution in [0.5, 0.6) is 0 Å². The predicted octanol–water partition coefficient (Wildman–Crippen LogP) is 1.76. The normalized spacial score (nSPS) is 15.0. The molecule has 1 aromatic heterocycles. The molecule has 1 aliphatic heterocycles. The van der Waals surface area contributed by atoms with Gasteiger partial charge >= 0.3 is 0 Å². The Morgan fingerprint density at radius 1 is 1.32 bits per heavy atom. The molecule has 1 aromatic carbocycles. The van der Waals surface area contributed by atoms with Gasteiger partial charge in [0, 0.05) is 18.1 Å². The lowest BCUT2D eigenvalue weighted by Crippen LogP contribution is -2.05. The van der Waals surface area contributed by atoms with Crippen LogP contribution in [0.2, 0.25) is 0 Å². The molecular weight excluding hydrogens is 300 g/mol. The Morgan fingerprint density at radius 3 is 2.86 bits per heavy atom. The summed E-state index contributed by atoms with van der Waals surface area (Å²) in [5.74, 6) is 0.0792.